The maximum absolute atomic E-state index is 6.29. The first-order valence-electron chi connectivity index (χ1n) is 5.27. The zero-order chi connectivity index (χ0) is 10.8. The number of hydrogen-bond donors (Lipinski definition) is 1. The van der Waals surface area contributed by atoms with Crippen LogP contribution < -0.4 is 5.73 Å². The number of nitrogens with two attached hydrogens (primary N) is 1. The molecular formula is C11H16BrNOS. The van der Waals surface area contributed by atoms with Crippen LogP contribution in [0.5, 0.6) is 0 Å². The van der Waals surface area contributed by atoms with Gasteiger partial charge in [-0.05, 0) is 47.7 Å². The molecule has 1 saturated heterocycles. The Morgan fingerprint density at radius 1 is 1.53 bits per heavy atom. The zero-order valence-corrected chi connectivity index (χ0v) is 11.2. The van der Waals surface area contributed by atoms with Crippen LogP contribution in [0.1, 0.15) is 28.6 Å². The van der Waals surface area contributed by atoms with Gasteiger partial charge in [-0.15, -0.1) is 11.3 Å². The minimum atomic E-state index is 0.184. The molecule has 1 aliphatic heterocycles. The van der Waals surface area contributed by atoms with Gasteiger partial charge in [0.1, 0.15) is 0 Å². The maximum atomic E-state index is 6.29. The fraction of sp³-hybridized carbons (Fsp3) is 0.636. The van der Waals surface area contributed by atoms with Crippen molar-refractivity contribution >= 4 is 27.3 Å². The maximum Gasteiger partial charge on any atom is 0.0469 e. The van der Waals surface area contributed by atoms with Crippen LogP contribution in [0.15, 0.2) is 10.5 Å². The molecule has 1 aromatic rings. The predicted molar refractivity (Wildman–Crippen MR) is 67.2 cm³/mol. The summed E-state index contributed by atoms with van der Waals surface area (Å²) < 4.78 is 6.54. The second kappa shape index (κ2) is 4.95. The first kappa shape index (κ1) is 11.6. The number of thiophene rings is 1. The molecule has 15 heavy (non-hydrogen) atoms. The van der Waals surface area contributed by atoms with Gasteiger partial charge in [-0.2, -0.15) is 0 Å². The number of ether oxygens (including phenoxy) is 1. The van der Waals surface area contributed by atoms with E-state index in [1.807, 2.05) is 0 Å². The van der Waals surface area contributed by atoms with Crippen LogP contribution in [0.25, 0.3) is 0 Å². The van der Waals surface area contributed by atoms with E-state index in [1.54, 1.807) is 11.3 Å². The van der Waals surface area contributed by atoms with Crippen LogP contribution in [0.4, 0.5) is 0 Å². The summed E-state index contributed by atoms with van der Waals surface area (Å²) in [4.78, 5) is 2.61. The van der Waals surface area contributed by atoms with Crippen LogP contribution in [0.3, 0.4) is 0 Å². The average Bonchev–Trinajstić information content (AvgIpc) is 2.59. The molecule has 1 atom stereocenters. The first-order valence-corrected chi connectivity index (χ1v) is 6.88. The molecule has 0 amide bonds. The minimum Gasteiger partial charge on any atom is -0.381 e. The van der Waals surface area contributed by atoms with Crippen molar-refractivity contribution in [3.8, 4) is 0 Å². The molecule has 2 heterocycles. The van der Waals surface area contributed by atoms with Crippen molar-refractivity contribution in [1.29, 1.82) is 0 Å². The largest absolute Gasteiger partial charge is 0.381 e. The van der Waals surface area contributed by atoms with E-state index in [4.69, 9.17) is 10.5 Å². The van der Waals surface area contributed by atoms with Gasteiger partial charge in [0.15, 0.2) is 0 Å². The van der Waals surface area contributed by atoms with Gasteiger partial charge in [-0.1, -0.05) is 0 Å². The highest BCUT2D eigenvalue weighted by molar-refractivity contribution is 9.10. The molecule has 1 aromatic heterocycles. The van der Waals surface area contributed by atoms with Crippen molar-refractivity contribution in [2.24, 2.45) is 11.7 Å². The van der Waals surface area contributed by atoms with Crippen LogP contribution >= 0.6 is 27.3 Å². The lowest BCUT2D eigenvalue weighted by Gasteiger charge is -2.26. The molecule has 1 fully saturated rings. The second-order valence-electron chi connectivity index (χ2n) is 4.03. The summed E-state index contributed by atoms with van der Waals surface area (Å²) in [5.41, 5.74) is 6.29. The Bertz CT molecular complexity index is 314. The summed E-state index contributed by atoms with van der Waals surface area (Å²) >= 11 is 5.34. The van der Waals surface area contributed by atoms with Crippen LogP contribution in [-0.2, 0) is 4.74 Å². The molecule has 0 spiro atoms. The molecule has 84 valence electrons. The number of rotatable bonds is 2. The monoisotopic (exact) mass is 289 g/mol. The molecule has 0 aliphatic carbocycles. The SMILES string of the molecule is Cc1sc(C(N)C2CCOCC2)cc1Br. The Hall–Kier alpha value is 0.100. The highest BCUT2D eigenvalue weighted by atomic mass is 79.9. The lowest BCUT2D eigenvalue weighted by molar-refractivity contribution is 0.0587. The normalized spacial score (nSPS) is 20.5. The zero-order valence-electron chi connectivity index (χ0n) is 8.83. The van der Waals surface area contributed by atoms with Crippen molar-refractivity contribution in [3.05, 3.63) is 20.3 Å². The van der Waals surface area contributed by atoms with Gasteiger partial charge in [-0.25, -0.2) is 0 Å². The highest BCUT2D eigenvalue weighted by Crippen LogP contribution is 2.35. The van der Waals surface area contributed by atoms with E-state index < -0.39 is 0 Å². The molecule has 4 heteroatoms. The number of hydrogen-bond acceptors (Lipinski definition) is 3. The van der Waals surface area contributed by atoms with Gasteiger partial charge < -0.3 is 10.5 Å². The van der Waals surface area contributed by atoms with Crippen molar-refractivity contribution in [2.45, 2.75) is 25.8 Å². The average molecular weight is 290 g/mol. The Balaban J connectivity index is 2.08. The standard InChI is InChI=1S/C11H16BrNOS/c1-7-9(12)6-10(15-7)11(13)8-2-4-14-5-3-8/h6,8,11H,2-5,13H2,1H3. The topological polar surface area (TPSA) is 35.2 Å². The highest BCUT2D eigenvalue weighted by Gasteiger charge is 2.23. The van der Waals surface area contributed by atoms with Crippen LogP contribution in [-0.4, -0.2) is 13.2 Å². The first-order chi connectivity index (χ1) is 7.18. The number of halogens is 1. The molecule has 0 radical (unpaired) electrons. The molecule has 2 rings (SSSR count). The molecule has 2 nitrogen and oxygen atoms in total. The van der Waals surface area contributed by atoms with Crippen molar-refractivity contribution in [1.82, 2.24) is 0 Å². The Kier molecular flexibility index (Phi) is 3.83. The lowest BCUT2D eigenvalue weighted by Crippen LogP contribution is -2.26. The summed E-state index contributed by atoms with van der Waals surface area (Å²) in [7, 11) is 0. The third-order valence-corrected chi connectivity index (χ3v) is 5.22. The summed E-state index contributed by atoms with van der Waals surface area (Å²) in [6.45, 7) is 3.85. The quantitative estimate of drug-likeness (QED) is 0.907. The van der Waals surface area contributed by atoms with Gasteiger partial charge in [0, 0.05) is 33.5 Å². The fourth-order valence-corrected chi connectivity index (χ4v) is 3.61. The third kappa shape index (κ3) is 2.61. The van der Waals surface area contributed by atoms with E-state index in [-0.39, 0.29) is 6.04 Å². The molecular weight excluding hydrogens is 274 g/mol. The van der Waals surface area contributed by atoms with Crippen molar-refractivity contribution in [3.63, 3.8) is 0 Å². The number of aryl methyl sites for hydroxylation is 1. The molecule has 0 saturated carbocycles. The molecule has 0 bridgehead atoms. The van der Waals surface area contributed by atoms with E-state index in [0.29, 0.717) is 5.92 Å². The molecule has 0 aromatic carbocycles. The van der Waals surface area contributed by atoms with Crippen molar-refractivity contribution in [2.75, 3.05) is 13.2 Å². The van der Waals surface area contributed by atoms with E-state index in [9.17, 15) is 0 Å². The van der Waals surface area contributed by atoms with Crippen LogP contribution in [0.2, 0.25) is 0 Å². The van der Waals surface area contributed by atoms with E-state index >= 15 is 0 Å². The van der Waals surface area contributed by atoms with E-state index in [1.165, 1.54) is 14.2 Å². The van der Waals surface area contributed by atoms with Crippen molar-refractivity contribution < 1.29 is 4.74 Å². The van der Waals surface area contributed by atoms with E-state index in [0.717, 1.165) is 26.1 Å². The summed E-state index contributed by atoms with van der Waals surface area (Å²) in [6.07, 6.45) is 2.19. The minimum absolute atomic E-state index is 0.184. The van der Waals surface area contributed by atoms with Gasteiger partial charge >= 0.3 is 0 Å². The molecule has 1 aliphatic rings. The van der Waals surface area contributed by atoms with Gasteiger partial charge in [0.25, 0.3) is 0 Å². The summed E-state index contributed by atoms with van der Waals surface area (Å²) in [6, 6.07) is 2.35. The fourth-order valence-electron chi connectivity index (χ4n) is 1.95. The van der Waals surface area contributed by atoms with Gasteiger partial charge in [-0.3, -0.25) is 0 Å². The van der Waals surface area contributed by atoms with Gasteiger partial charge in [0.2, 0.25) is 0 Å². The van der Waals surface area contributed by atoms with Gasteiger partial charge in [0.05, 0.1) is 0 Å². The third-order valence-electron chi connectivity index (χ3n) is 2.98. The smallest absolute Gasteiger partial charge is 0.0469 e. The molecule has 2 N–H and O–H groups in total. The van der Waals surface area contributed by atoms with E-state index in [2.05, 4.69) is 28.9 Å². The Labute approximate surface area is 103 Å². The summed E-state index contributed by atoms with van der Waals surface area (Å²) in [5, 5.41) is 0. The van der Waals surface area contributed by atoms with Crippen LogP contribution in [0, 0.1) is 12.8 Å². The second-order valence-corrected chi connectivity index (χ2v) is 6.17. The Morgan fingerprint density at radius 2 is 2.20 bits per heavy atom. The summed E-state index contributed by atoms with van der Waals surface area (Å²) in [5.74, 6) is 0.587. The predicted octanol–water partition coefficient (Wildman–Crippen LogP) is 3.25. The Morgan fingerprint density at radius 3 is 2.73 bits per heavy atom. The molecule has 1 unspecified atom stereocenters. The lowest BCUT2D eigenvalue weighted by atomic mass is 9.91.